The van der Waals surface area contributed by atoms with E-state index in [2.05, 4.69) is 4.90 Å². The van der Waals surface area contributed by atoms with Gasteiger partial charge in [-0.25, -0.2) is 13.2 Å². The van der Waals surface area contributed by atoms with Crippen LogP contribution in [0.3, 0.4) is 0 Å². The summed E-state index contributed by atoms with van der Waals surface area (Å²) >= 11 is 0. The van der Waals surface area contributed by atoms with E-state index in [0.717, 1.165) is 25.2 Å². The predicted octanol–water partition coefficient (Wildman–Crippen LogP) is 3.57. The molecule has 0 bridgehead atoms. The molecule has 2 aliphatic rings. The minimum absolute atomic E-state index is 0.0110. The summed E-state index contributed by atoms with van der Waals surface area (Å²) in [5.74, 6) is -2.14. The first-order valence-electron chi connectivity index (χ1n) is 11.8. The summed E-state index contributed by atoms with van der Waals surface area (Å²) < 4.78 is 47.0. The summed E-state index contributed by atoms with van der Waals surface area (Å²) in [4.78, 5) is 31.9. The van der Waals surface area contributed by atoms with Gasteiger partial charge >= 0.3 is 0 Å². The molecule has 188 valence electrons. The first-order valence-corrected chi connectivity index (χ1v) is 11.8. The third kappa shape index (κ3) is 6.14. The van der Waals surface area contributed by atoms with Crippen LogP contribution in [0.5, 0.6) is 5.75 Å². The van der Waals surface area contributed by atoms with Crippen molar-refractivity contribution in [2.75, 3.05) is 52.9 Å². The Balaban J connectivity index is 1.54. The number of rotatable bonds is 6. The monoisotopic (exact) mass is 489 g/mol. The molecule has 2 aliphatic heterocycles. The van der Waals surface area contributed by atoms with Crippen molar-refractivity contribution in [3.05, 3.63) is 65.5 Å². The standard InChI is InChI=1S/C26H30F3N3O3/c1-30-11-13-31(14-12-30)24(33)16-26(18-35-21-6-3-19(27)4-7-21)9-2-10-32(17-26)25(34)22-8-5-20(28)15-23(22)29/h3-8,15H,2,9-14,16-18H2,1H3/t26-/m1/s1. The number of benzene rings is 2. The second-order valence-corrected chi connectivity index (χ2v) is 9.56. The van der Waals surface area contributed by atoms with Crippen LogP contribution in [0.4, 0.5) is 13.2 Å². The zero-order chi connectivity index (χ0) is 25.0. The van der Waals surface area contributed by atoms with E-state index in [-0.39, 0.29) is 36.9 Å². The fraction of sp³-hybridized carbons (Fsp3) is 0.462. The average Bonchev–Trinajstić information content (AvgIpc) is 2.84. The lowest BCUT2D eigenvalue weighted by molar-refractivity contribution is -0.137. The molecule has 1 atom stereocenters. The quantitative estimate of drug-likeness (QED) is 0.623. The maximum atomic E-state index is 14.3. The molecule has 2 aromatic rings. The molecule has 9 heteroatoms. The maximum absolute atomic E-state index is 14.3. The van der Waals surface area contributed by atoms with Crippen LogP contribution in [-0.2, 0) is 4.79 Å². The molecule has 6 nitrogen and oxygen atoms in total. The van der Waals surface area contributed by atoms with Gasteiger partial charge in [-0.05, 0) is 56.3 Å². The van der Waals surface area contributed by atoms with E-state index in [1.807, 2.05) is 11.9 Å². The fourth-order valence-electron chi connectivity index (χ4n) is 4.78. The van der Waals surface area contributed by atoms with Gasteiger partial charge in [0.25, 0.3) is 5.91 Å². The molecule has 2 fully saturated rings. The van der Waals surface area contributed by atoms with E-state index in [9.17, 15) is 22.8 Å². The van der Waals surface area contributed by atoms with Gasteiger partial charge in [-0.2, -0.15) is 0 Å². The second kappa shape index (κ2) is 10.7. The van der Waals surface area contributed by atoms with E-state index in [1.54, 1.807) is 0 Å². The average molecular weight is 490 g/mol. The van der Waals surface area contributed by atoms with Crippen molar-refractivity contribution in [2.45, 2.75) is 19.3 Å². The van der Waals surface area contributed by atoms with Gasteiger partial charge in [0.05, 0.1) is 12.2 Å². The van der Waals surface area contributed by atoms with Crippen LogP contribution in [0.2, 0.25) is 0 Å². The molecule has 0 N–H and O–H groups in total. The van der Waals surface area contributed by atoms with Gasteiger partial charge < -0.3 is 19.4 Å². The summed E-state index contributed by atoms with van der Waals surface area (Å²) in [6.07, 6.45) is 1.42. The second-order valence-electron chi connectivity index (χ2n) is 9.56. The highest BCUT2D eigenvalue weighted by molar-refractivity contribution is 5.94. The molecule has 0 unspecified atom stereocenters. The molecule has 2 aromatic carbocycles. The summed E-state index contributed by atoms with van der Waals surface area (Å²) in [6, 6.07) is 8.53. The number of hydrogen-bond donors (Lipinski definition) is 0. The number of ether oxygens (including phenoxy) is 1. The maximum Gasteiger partial charge on any atom is 0.256 e. The van der Waals surface area contributed by atoms with E-state index in [1.165, 1.54) is 29.2 Å². The Hall–Kier alpha value is -3.07. The van der Waals surface area contributed by atoms with Gasteiger partial charge in [0.2, 0.25) is 5.91 Å². The molecule has 35 heavy (non-hydrogen) atoms. The Morgan fingerprint density at radius 1 is 0.914 bits per heavy atom. The Morgan fingerprint density at radius 3 is 2.29 bits per heavy atom. The topological polar surface area (TPSA) is 53.1 Å². The molecular weight excluding hydrogens is 459 g/mol. The molecule has 0 spiro atoms. The lowest BCUT2D eigenvalue weighted by Gasteiger charge is -2.43. The highest BCUT2D eigenvalue weighted by Gasteiger charge is 2.41. The van der Waals surface area contributed by atoms with Crippen LogP contribution in [-0.4, -0.2) is 79.4 Å². The lowest BCUT2D eigenvalue weighted by atomic mass is 9.77. The molecule has 0 aromatic heterocycles. The molecular formula is C26H30F3N3O3. The number of hydrogen-bond acceptors (Lipinski definition) is 4. The molecule has 0 aliphatic carbocycles. The number of halogens is 3. The number of carbonyl (C=O) groups is 2. The lowest BCUT2D eigenvalue weighted by Crippen LogP contribution is -2.53. The van der Waals surface area contributed by atoms with Crippen LogP contribution >= 0.6 is 0 Å². The van der Waals surface area contributed by atoms with Crippen molar-refractivity contribution in [3.63, 3.8) is 0 Å². The van der Waals surface area contributed by atoms with Crippen molar-refractivity contribution in [1.29, 1.82) is 0 Å². The van der Waals surface area contributed by atoms with Gasteiger partial charge in [0.15, 0.2) is 0 Å². The number of amides is 2. The number of likely N-dealkylation sites (tertiary alicyclic amines) is 1. The third-order valence-electron chi connectivity index (χ3n) is 6.85. The number of nitrogens with zero attached hydrogens (tertiary/aromatic N) is 3. The van der Waals surface area contributed by atoms with Crippen molar-refractivity contribution in [1.82, 2.24) is 14.7 Å². The Labute approximate surface area is 203 Å². The van der Waals surface area contributed by atoms with Gasteiger partial charge in [-0.3, -0.25) is 9.59 Å². The summed E-state index contributed by atoms with van der Waals surface area (Å²) in [6.45, 7) is 3.59. The Morgan fingerprint density at radius 2 is 1.60 bits per heavy atom. The van der Waals surface area contributed by atoms with E-state index >= 15 is 0 Å². The van der Waals surface area contributed by atoms with Gasteiger partial charge in [0, 0.05) is 57.2 Å². The van der Waals surface area contributed by atoms with E-state index < -0.39 is 23.0 Å². The minimum Gasteiger partial charge on any atom is -0.493 e. The van der Waals surface area contributed by atoms with Crippen LogP contribution in [0.15, 0.2) is 42.5 Å². The molecule has 2 amide bonds. The first-order chi connectivity index (χ1) is 16.7. The minimum atomic E-state index is -0.915. The van der Waals surface area contributed by atoms with Crippen molar-refractivity contribution in [3.8, 4) is 5.75 Å². The zero-order valence-electron chi connectivity index (χ0n) is 19.8. The van der Waals surface area contributed by atoms with Gasteiger partial charge in [-0.15, -0.1) is 0 Å². The van der Waals surface area contributed by atoms with Crippen LogP contribution < -0.4 is 4.74 Å². The summed E-state index contributed by atoms with van der Waals surface area (Å²) in [5.41, 5.74) is -0.897. The van der Waals surface area contributed by atoms with Gasteiger partial charge in [-0.1, -0.05) is 0 Å². The Kier molecular flexibility index (Phi) is 7.64. The molecule has 0 saturated carbocycles. The number of likely N-dealkylation sites (N-methyl/N-ethyl adjacent to an activating group) is 1. The first kappa shape index (κ1) is 25.0. The summed E-state index contributed by atoms with van der Waals surface area (Å²) in [7, 11) is 2.01. The number of carbonyl (C=O) groups excluding carboxylic acids is 2. The smallest absolute Gasteiger partial charge is 0.256 e. The summed E-state index contributed by atoms with van der Waals surface area (Å²) in [5, 5.41) is 0. The zero-order valence-corrected chi connectivity index (χ0v) is 19.8. The molecule has 2 heterocycles. The highest BCUT2D eigenvalue weighted by Crippen LogP contribution is 2.36. The van der Waals surface area contributed by atoms with Crippen LogP contribution in [0, 0.1) is 22.9 Å². The van der Waals surface area contributed by atoms with Crippen molar-refractivity contribution >= 4 is 11.8 Å². The molecule has 0 radical (unpaired) electrons. The van der Waals surface area contributed by atoms with Crippen molar-refractivity contribution < 1.29 is 27.5 Å². The van der Waals surface area contributed by atoms with E-state index in [0.29, 0.717) is 44.3 Å². The SMILES string of the molecule is CN1CCN(C(=O)C[C@]2(COc3ccc(F)cc3)CCCN(C(=O)c3ccc(F)cc3F)C2)CC1. The normalized spacial score (nSPS) is 21.1. The molecule has 4 rings (SSSR count). The fourth-order valence-corrected chi connectivity index (χ4v) is 4.78. The largest absolute Gasteiger partial charge is 0.493 e. The Bertz CT molecular complexity index is 1060. The van der Waals surface area contributed by atoms with Crippen molar-refractivity contribution in [2.24, 2.45) is 5.41 Å². The number of piperidine rings is 1. The van der Waals surface area contributed by atoms with E-state index in [4.69, 9.17) is 4.74 Å². The molecule has 2 saturated heterocycles. The third-order valence-corrected chi connectivity index (χ3v) is 6.85. The van der Waals surface area contributed by atoms with Gasteiger partial charge in [0.1, 0.15) is 23.2 Å². The highest BCUT2D eigenvalue weighted by atomic mass is 19.1. The van der Waals surface area contributed by atoms with Crippen LogP contribution in [0.25, 0.3) is 0 Å². The van der Waals surface area contributed by atoms with Crippen LogP contribution in [0.1, 0.15) is 29.6 Å². The predicted molar refractivity (Wildman–Crippen MR) is 125 cm³/mol. The number of piperazine rings is 1.